The molecule has 15 heavy (non-hydrogen) atoms. The van der Waals surface area contributed by atoms with E-state index in [0.717, 1.165) is 11.8 Å². The van der Waals surface area contributed by atoms with Crippen LogP contribution >= 0.6 is 34.7 Å². The predicted molar refractivity (Wildman–Crippen MR) is 54.7 cm³/mol. The van der Waals surface area contributed by atoms with Gasteiger partial charge < -0.3 is 5.32 Å². The molecule has 0 unspecified atom stereocenters. The number of halogens is 4. The minimum atomic E-state index is -4.62. The van der Waals surface area contributed by atoms with Crippen molar-refractivity contribution in [2.45, 2.75) is 6.18 Å². The van der Waals surface area contributed by atoms with Crippen molar-refractivity contribution in [2.24, 2.45) is 0 Å². The summed E-state index contributed by atoms with van der Waals surface area (Å²) in [5.74, 6) is 0. The first-order valence-corrected chi connectivity index (χ1v) is 5.85. The summed E-state index contributed by atoms with van der Waals surface area (Å²) in [6, 6.07) is 0. The average Bonchev–Trinajstić information content (AvgIpc) is 2.45. The quantitative estimate of drug-likeness (QED) is 0.850. The van der Waals surface area contributed by atoms with Gasteiger partial charge in [-0.05, 0) is 6.26 Å². The van der Waals surface area contributed by atoms with Crippen LogP contribution in [0.15, 0.2) is 0 Å². The van der Waals surface area contributed by atoms with Gasteiger partial charge in [-0.15, -0.1) is 0 Å². The summed E-state index contributed by atoms with van der Waals surface area (Å²) in [4.78, 5) is 14.0. The Balaban J connectivity index is 3.02. The molecule has 0 spiro atoms. The number of aromatic nitrogens is 1. The van der Waals surface area contributed by atoms with Crippen LogP contribution in [0.3, 0.4) is 0 Å². The molecule has 0 radical (unpaired) electrons. The van der Waals surface area contributed by atoms with E-state index in [-0.39, 0.29) is 9.47 Å². The zero-order valence-electron chi connectivity index (χ0n) is 7.18. The number of nitrogens with one attached hydrogen (secondary N) is 1. The summed E-state index contributed by atoms with van der Waals surface area (Å²) in [5.41, 5.74) is -1.17. The molecule has 0 saturated heterocycles. The van der Waals surface area contributed by atoms with Crippen molar-refractivity contribution in [3.63, 3.8) is 0 Å². The fourth-order valence-electron chi connectivity index (χ4n) is 0.715. The standard InChI is InChI=1S/C6H4ClF3N2OS2/c1-14-5(13)12-3-2(6(8,9)10)11-4(7)15-3/h1H3,(H,12,13). The predicted octanol–water partition coefficient (Wildman–Crippen LogP) is 3.71. The highest BCUT2D eigenvalue weighted by molar-refractivity contribution is 8.13. The number of carbonyl (C=O) groups excluding carboxylic acids is 1. The van der Waals surface area contributed by atoms with Crippen LogP contribution in [-0.4, -0.2) is 16.5 Å². The molecule has 1 rings (SSSR count). The van der Waals surface area contributed by atoms with E-state index in [2.05, 4.69) is 10.3 Å². The van der Waals surface area contributed by atoms with Crippen LogP contribution in [-0.2, 0) is 6.18 Å². The molecule has 1 N–H and O–H groups in total. The maximum Gasteiger partial charge on any atom is 0.436 e. The van der Waals surface area contributed by atoms with Gasteiger partial charge in [0.25, 0.3) is 5.24 Å². The third kappa shape index (κ3) is 3.25. The van der Waals surface area contributed by atoms with E-state index in [9.17, 15) is 18.0 Å². The average molecular weight is 277 g/mol. The second-order valence-corrected chi connectivity index (χ2v) is 4.62. The van der Waals surface area contributed by atoms with Crippen molar-refractivity contribution in [1.29, 1.82) is 0 Å². The third-order valence-electron chi connectivity index (χ3n) is 1.27. The molecule has 9 heteroatoms. The van der Waals surface area contributed by atoms with Crippen molar-refractivity contribution >= 4 is 44.9 Å². The summed E-state index contributed by atoms with van der Waals surface area (Å²) in [6.45, 7) is 0. The van der Waals surface area contributed by atoms with E-state index in [1.54, 1.807) is 0 Å². The van der Waals surface area contributed by atoms with E-state index < -0.39 is 17.1 Å². The normalized spacial score (nSPS) is 11.5. The number of anilines is 1. The van der Waals surface area contributed by atoms with E-state index in [1.807, 2.05) is 0 Å². The molecule has 1 heterocycles. The fourth-order valence-corrected chi connectivity index (χ4v) is 2.01. The lowest BCUT2D eigenvalue weighted by molar-refractivity contribution is -0.140. The number of carbonyl (C=O) groups is 1. The lowest BCUT2D eigenvalue weighted by atomic mass is 10.4. The Hall–Kier alpha value is -0.470. The fraction of sp³-hybridized carbons (Fsp3) is 0.333. The maximum atomic E-state index is 12.3. The summed E-state index contributed by atoms with van der Waals surface area (Å²) in [5, 5.41) is 1.08. The van der Waals surface area contributed by atoms with E-state index in [1.165, 1.54) is 6.26 Å². The van der Waals surface area contributed by atoms with E-state index in [0.29, 0.717) is 11.3 Å². The molecule has 0 fully saturated rings. The Labute approximate surface area is 96.0 Å². The lowest BCUT2D eigenvalue weighted by Crippen LogP contribution is -2.11. The molecule has 0 saturated carbocycles. The second-order valence-electron chi connectivity index (χ2n) is 2.26. The third-order valence-corrected chi connectivity index (χ3v) is 2.82. The first-order valence-electron chi connectivity index (χ1n) is 3.43. The minimum absolute atomic E-state index is 0.265. The van der Waals surface area contributed by atoms with Crippen molar-refractivity contribution in [3.05, 3.63) is 10.2 Å². The molecular formula is C6H4ClF3N2OS2. The highest BCUT2D eigenvalue weighted by atomic mass is 35.5. The summed E-state index contributed by atoms with van der Waals surface area (Å²) in [6.07, 6.45) is -3.17. The number of hydrogen-bond acceptors (Lipinski definition) is 4. The van der Waals surface area contributed by atoms with Crippen LogP contribution in [0.1, 0.15) is 5.69 Å². The zero-order chi connectivity index (χ0) is 11.6. The van der Waals surface area contributed by atoms with Crippen molar-refractivity contribution in [2.75, 3.05) is 11.6 Å². The van der Waals surface area contributed by atoms with Gasteiger partial charge in [0.05, 0.1) is 0 Å². The van der Waals surface area contributed by atoms with Crippen LogP contribution < -0.4 is 5.32 Å². The smallest absolute Gasteiger partial charge is 0.307 e. The molecule has 0 bridgehead atoms. The molecule has 0 aliphatic rings. The van der Waals surface area contributed by atoms with E-state index >= 15 is 0 Å². The Morgan fingerprint density at radius 2 is 2.20 bits per heavy atom. The zero-order valence-corrected chi connectivity index (χ0v) is 9.57. The van der Waals surface area contributed by atoms with Gasteiger partial charge in [-0.3, -0.25) is 4.79 Å². The number of alkyl halides is 3. The molecule has 1 amide bonds. The van der Waals surface area contributed by atoms with Crippen LogP contribution in [0, 0.1) is 0 Å². The number of hydrogen-bond donors (Lipinski definition) is 1. The van der Waals surface area contributed by atoms with Gasteiger partial charge in [-0.2, -0.15) is 13.2 Å². The highest BCUT2D eigenvalue weighted by Crippen LogP contribution is 2.39. The van der Waals surface area contributed by atoms with Gasteiger partial charge in [0.15, 0.2) is 10.2 Å². The van der Waals surface area contributed by atoms with Gasteiger partial charge in [-0.1, -0.05) is 34.7 Å². The number of thioether (sulfide) groups is 1. The first kappa shape index (κ1) is 12.6. The molecular weight excluding hydrogens is 273 g/mol. The maximum absolute atomic E-state index is 12.3. The molecule has 0 aromatic carbocycles. The molecule has 0 aliphatic heterocycles. The van der Waals surface area contributed by atoms with Crippen molar-refractivity contribution in [3.8, 4) is 0 Å². The van der Waals surface area contributed by atoms with Crippen LogP contribution in [0.2, 0.25) is 4.47 Å². The summed E-state index contributed by atoms with van der Waals surface area (Å²) >= 11 is 6.69. The van der Waals surface area contributed by atoms with Crippen LogP contribution in [0.25, 0.3) is 0 Å². The Kier molecular flexibility index (Phi) is 3.85. The van der Waals surface area contributed by atoms with Crippen LogP contribution in [0.4, 0.5) is 23.0 Å². The highest BCUT2D eigenvalue weighted by Gasteiger charge is 2.38. The van der Waals surface area contributed by atoms with Gasteiger partial charge in [0.1, 0.15) is 5.00 Å². The van der Waals surface area contributed by atoms with Crippen molar-refractivity contribution in [1.82, 2.24) is 4.98 Å². The monoisotopic (exact) mass is 276 g/mol. The van der Waals surface area contributed by atoms with Gasteiger partial charge in [-0.25, -0.2) is 4.98 Å². The van der Waals surface area contributed by atoms with Crippen molar-refractivity contribution < 1.29 is 18.0 Å². The molecule has 3 nitrogen and oxygen atoms in total. The molecule has 84 valence electrons. The topological polar surface area (TPSA) is 42.0 Å². The van der Waals surface area contributed by atoms with Crippen LogP contribution in [0.5, 0.6) is 0 Å². The lowest BCUT2D eigenvalue weighted by Gasteiger charge is -2.05. The number of amides is 1. The Morgan fingerprint density at radius 1 is 1.60 bits per heavy atom. The van der Waals surface area contributed by atoms with E-state index in [4.69, 9.17) is 11.6 Å². The van der Waals surface area contributed by atoms with Gasteiger partial charge >= 0.3 is 6.18 Å². The van der Waals surface area contributed by atoms with Gasteiger partial charge in [0, 0.05) is 0 Å². The second kappa shape index (κ2) is 4.58. The Bertz CT molecular complexity index is 379. The minimum Gasteiger partial charge on any atom is -0.307 e. The Morgan fingerprint density at radius 3 is 2.67 bits per heavy atom. The van der Waals surface area contributed by atoms with Gasteiger partial charge in [0.2, 0.25) is 0 Å². The number of nitrogens with zero attached hydrogens (tertiary/aromatic N) is 1. The molecule has 1 aromatic heterocycles. The molecule has 0 aliphatic carbocycles. The largest absolute Gasteiger partial charge is 0.436 e. The summed E-state index contributed by atoms with van der Waals surface area (Å²) < 4.78 is 36.8. The number of thiazole rings is 1. The molecule has 0 atom stereocenters. The summed E-state index contributed by atoms with van der Waals surface area (Å²) in [7, 11) is 0. The first-order chi connectivity index (χ1) is 6.84. The molecule has 1 aromatic rings. The number of rotatable bonds is 1. The SMILES string of the molecule is CSC(=O)Nc1sc(Cl)nc1C(F)(F)F.